The van der Waals surface area contributed by atoms with Crippen LogP contribution in [0.1, 0.15) is 42.2 Å². The predicted octanol–water partition coefficient (Wildman–Crippen LogP) is 3.53. The molecular weight excluding hydrogens is 402 g/mol. The van der Waals surface area contributed by atoms with E-state index in [1.54, 1.807) is 36.4 Å². The minimum Gasteiger partial charge on any atom is -0.493 e. The molecule has 0 aliphatic carbocycles. The van der Waals surface area contributed by atoms with Crippen LogP contribution in [-0.4, -0.2) is 46.4 Å². The van der Waals surface area contributed by atoms with Crippen LogP contribution in [0.3, 0.4) is 0 Å². The van der Waals surface area contributed by atoms with E-state index in [4.69, 9.17) is 23.7 Å². The van der Waals surface area contributed by atoms with Gasteiger partial charge in [-0.1, -0.05) is 6.07 Å². The number of ether oxygens (including phenoxy) is 5. The highest BCUT2D eigenvalue weighted by Gasteiger charge is 2.22. The summed E-state index contributed by atoms with van der Waals surface area (Å²) < 4.78 is 26.4. The summed E-state index contributed by atoms with van der Waals surface area (Å²) in [6, 6.07) is 9.46. The number of hydrogen-bond donors (Lipinski definition) is 1. The molecule has 1 N–H and O–H groups in total. The lowest BCUT2D eigenvalue weighted by atomic mass is 10.0. The third-order valence-electron chi connectivity index (χ3n) is 4.50. The van der Waals surface area contributed by atoms with Gasteiger partial charge in [0.15, 0.2) is 23.0 Å². The third kappa shape index (κ3) is 6.28. The minimum atomic E-state index is -0.641. The Morgan fingerprint density at radius 3 is 2.03 bits per heavy atom. The molecule has 2 aromatic carbocycles. The zero-order chi connectivity index (χ0) is 23.0. The monoisotopic (exact) mass is 431 g/mol. The van der Waals surface area contributed by atoms with Crippen LogP contribution < -0.4 is 24.3 Å². The van der Waals surface area contributed by atoms with Gasteiger partial charge in [0.05, 0.1) is 47.0 Å². The zero-order valence-corrected chi connectivity index (χ0v) is 18.7. The maximum absolute atomic E-state index is 13.0. The highest BCUT2D eigenvalue weighted by atomic mass is 16.5. The van der Waals surface area contributed by atoms with Gasteiger partial charge in [0, 0.05) is 5.56 Å². The second kappa shape index (κ2) is 11.1. The fourth-order valence-electron chi connectivity index (χ4n) is 2.97. The third-order valence-corrected chi connectivity index (χ3v) is 4.50. The van der Waals surface area contributed by atoms with Crippen LogP contribution in [-0.2, 0) is 9.53 Å². The first-order valence-corrected chi connectivity index (χ1v) is 9.77. The second-order valence-electron chi connectivity index (χ2n) is 6.95. The van der Waals surface area contributed by atoms with Gasteiger partial charge in [-0.2, -0.15) is 0 Å². The van der Waals surface area contributed by atoms with E-state index in [9.17, 15) is 9.59 Å². The lowest BCUT2D eigenvalue weighted by molar-refractivity contribution is -0.141. The van der Waals surface area contributed by atoms with Crippen molar-refractivity contribution in [3.05, 3.63) is 47.5 Å². The molecule has 0 spiro atoms. The number of hydrogen-bond acceptors (Lipinski definition) is 7. The van der Waals surface area contributed by atoms with E-state index in [2.05, 4.69) is 5.32 Å². The Kier molecular flexibility index (Phi) is 8.54. The summed E-state index contributed by atoms with van der Waals surface area (Å²) in [6.45, 7) is 3.81. The van der Waals surface area contributed by atoms with Gasteiger partial charge in [0.25, 0.3) is 5.91 Å². The Labute approximate surface area is 182 Å². The number of amides is 1. The van der Waals surface area contributed by atoms with Crippen LogP contribution in [0.5, 0.6) is 23.0 Å². The predicted molar refractivity (Wildman–Crippen MR) is 115 cm³/mol. The van der Waals surface area contributed by atoms with Gasteiger partial charge in [-0.3, -0.25) is 9.59 Å². The second-order valence-corrected chi connectivity index (χ2v) is 6.95. The quantitative estimate of drug-likeness (QED) is 0.575. The summed E-state index contributed by atoms with van der Waals surface area (Å²) in [7, 11) is 5.86. The first kappa shape index (κ1) is 23.9. The number of esters is 1. The number of carbonyl (C=O) groups is 2. The van der Waals surface area contributed by atoms with Gasteiger partial charge < -0.3 is 29.0 Å². The molecule has 0 fully saturated rings. The standard InChI is InChI=1S/C23H29NO7/c1-14(2)31-19-10-8-16(12-21(19)29-5)23(26)24-17(13-22(25)30-6)15-7-9-18(27-3)20(11-15)28-4/h7-12,14,17H,13H2,1-6H3,(H,24,26). The highest BCUT2D eigenvalue weighted by molar-refractivity contribution is 5.95. The number of carbonyl (C=O) groups excluding carboxylic acids is 2. The Bertz CT molecular complexity index is 911. The number of rotatable bonds is 10. The van der Waals surface area contributed by atoms with Gasteiger partial charge in [-0.05, 0) is 49.7 Å². The molecule has 0 bridgehead atoms. The van der Waals surface area contributed by atoms with Crippen molar-refractivity contribution < 1.29 is 33.3 Å². The molecule has 168 valence electrons. The number of benzene rings is 2. The fourth-order valence-corrected chi connectivity index (χ4v) is 2.97. The van der Waals surface area contributed by atoms with Crippen LogP contribution in [0.25, 0.3) is 0 Å². The van der Waals surface area contributed by atoms with Crippen molar-refractivity contribution in [2.24, 2.45) is 0 Å². The summed E-state index contributed by atoms with van der Waals surface area (Å²) in [5.41, 5.74) is 1.03. The van der Waals surface area contributed by atoms with Crippen molar-refractivity contribution in [3.63, 3.8) is 0 Å². The highest BCUT2D eigenvalue weighted by Crippen LogP contribution is 2.32. The molecule has 0 heterocycles. The van der Waals surface area contributed by atoms with Crippen LogP contribution in [0.2, 0.25) is 0 Å². The van der Waals surface area contributed by atoms with E-state index >= 15 is 0 Å². The lowest BCUT2D eigenvalue weighted by Crippen LogP contribution is -2.30. The van der Waals surface area contributed by atoms with E-state index in [1.165, 1.54) is 28.4 Å². The van der Waals surface area contributed by atoms with E-state index in [1.807, 2.05) is 13.8 Å². The Balaban J connectivity index is 2.32. The first-order chi connectivity index (χ1) is 14.8. The SMILES string of the molecule is COC(=O)CC(NC(=O)c1ccc(OC(C)C)c(OC)c1)c1ccc(OC)c(OC)c1. The van der Waals surface area contributed by atoms with Gasteiger partial charge >= 0.3 is 5.97 Å². The molecule has 1 amide bonds. The van der Waals surface area contributed by atoms with Gasteiger partial charge in [-0.25, -0.2) is 0 Å². The molecule has 0 aromatic heterocycles. The van der Waals surface area contributed by atoms with Gasteiger partial charge in [0.2, 0.25) is 0 Å². The molecule has 0 saturated carbocycles. The van der Waals surface area contributed by atoms with Crippen LogP contribution in [0.15, 0.2) is 36.4 Å². The lowest BCUT2D eigenvalue weighted by Gasteiger charge is -2.20. The Hall–Kier alpha value is -3.42. The minimum absolute atomic E-state index is 0.0388. The maximum atomic E-state index is 13.0. The van der Waals surface area contributed by atoms with Crippen molar-refractivity contribution in [3.8, 4) is 23.0 Å². The molecule has 0 aliphatic heterocycles. The van der Waals surface area contributed by atoms with Crippen LogP contribution >= 0.6 is 0 Å². The molecule has 1 unspecified atom stereocenters. The zero-order valence-electron chi connectivity index (χ0n) is 18.7. The molecule has 8 heteroatoms. The maximum Gasteiger partial charge on any atom is 0.307 e. The van der Waals surface area contributed by atoms with Crippen molar-refractivity contribution in [2.75, 3.05) is 28.4 Å². The molecular formula is C23H29NO7. The van der Waals surface area contributed by atoms with E-state index in [-0.39, 0.29) is 18.4 Å². The molecule has 0 saturated heterocycles. The number of nitrogens with one attached hydrogen (secondary N) is 1. The van der Waals surface area contributed by atoms with E-state index < -0.39 is 12.0 Å². The molecule has 31 heavy (non-hydrogen) atoms. The number of methoxy groups -OCH3 is 4. The molecule has 0 aliphatic rings. The molecule has 0 radical (unpaired) electrons. The molecule has 2 aromatic rings. The Morgan fingerprint density at radius 1 is 0.839 bits per heavy atom. The van der Waals surface area contributed by atoms with Crippen LogP contribution in [0, 0.1) is 0 Å². The van der Waals surface area contributed by atoms with Gasteiger partial charge in [0.1, 0.15) is 0 Å². The largest absolute Gasteiger partial charge is 0.493 e. The topological polar surface area (TPSA) is 92.3 Å². The summed E-state index contributed by atoms with van der Waals surface area (Å²) in [5, 5.41) is 2.88. The van der Waals surface area contributed by atoms with Crippen LogP contribution in [0.4, 0.5) is 0 Å². The smallest absolute Gasteiger partial charge is 0.307 e. The first-order valence-electron chi connectivity index (χ1n) is 9.77. The summed E-state index contributed by atoms with van der Waals surface area (Å²) in [6.07, 6.45) is -0.0910. The molecule has 1 atom stereocenters. The van der Waals surface area contributed by atoms with E-state index in [0.29, 0.717) is 34.1 Å². The van der Waals surface area contributed by atoms with E-state index in [0.717, 1.165) is 0 Å². The summed E-state index contributed by atoms with van der Waals surface area (Å²) in [5.74, 6) is 1.18. The van der Waals surface area contributed by atoms with Crippen molar-refractivity contribution >= 4 is 11.9 Å². The molecule has 2 rings (SSSR count). The normalized spacial score (nSPS) is 11.5. The molecule has 8 nitrogen and oxygen atoms in total. The average Bonchev–Trinajstić information content (AvgIpc) is 2.77. The van der Waals surface area contributed by atoms with Crippen molar-refractivity contribution in [1.29, 1.82) is 0 Å². The van der Waals surface area contributed by atoms with Gasteiger partial charge in [-0.15, -0.1) is 0 Å². The average molecular weight is 431 g/mol. The fraction of sp³-hybridized carbons (Fsp3) is 0.391. The van der Waals surface area contributed by atoms with Crippen molar-refractivity contribution in [1.82, 2.24) is 5.32 Å². The summed E-state index contributed by atoms with van der Waals surface area (Å²) in [4.78, 5) is 24.9. The summed E-state index contributed by atoms with van der Waals surface area (Å²) >= 11 is 0. The van der Waals surface area contributed by atoms with Crippen molar-refractivity contribution in [2.45, 2.75) is 32.4 Å². The Morgan fingerprint density at radius 2 is 1.45 bits per heavy atom.